The molecule has 0 aliphatic carbocycles. The highest BCUT2D eigenvalue weighted by Gasteiger charge is 2.32. The van der Waals surface area contributed by atoms with Crippen molar-refractivity contribution in [2.24, 2.45) is 0 Å². The quantitative estimate of drug-likeness (QED) is 0.429. The van der Waals surface area contributed by atoms with Crippen molar-refractivity contribution < 1.29 is 31.2 Å². The number of anilines is 1. The Labute approximate surface area is 216 Å². The Morgan fingerprint density at radius 2 is 1.76 bits per heavy atom. The van der Waals surface area contributed by atoms with E-state index in [2.05, 4.69) is 5.32 Å². The molecule has 1 N–H and O–H groups in total. The fourth-order valence-corrected chi connectivity index (χ4v) is 4.75. The molecule has 0 spiro atoms. The molecular formula is C26H34F3N3O4S. The summed E-state index contributed by atoms with van der Waals surface area (Å²) in [6, 6.07) is 10.8. The summed E-state index contributed by atoms with van der Waals surface area (Å²) in [5.74, 6) is -0.662. The van der Waals surface area contributed by atoms with E-state index in [1.165, 1.54) is 11.0 Å². The van der Waals surface area contributed by atoms with Crippen LogP contribution in [0.4, 0.5) is 18.9 Å². The molecule has 11 heteroatoms. The van der Waals surface area contributed by atoms with Crippen molar-refractivity contribution in [2.45, 2.75) is 58.8 Å². The second kappa shape index (κ2) is 12.9. The van der Waals surface area contributed by atoms with Gasteiger partial charge in [-0.3, -0.25) is 13.9 Å². The molecule has 0 saturated carbocycles. The third-order valence-electron chi connectivity index (χ3n) is 5.93. The van der Waals surface area contributed by atoms with E-state index in [4.69, 9.17) is 0 Å². The molecule has 7 nitrogen and oxygen atoms in total. The van der Waals surface area contributed by atoms with E-state index in [9.17, 15) is 31.2 Å². The number of benzene rings is 2. The number of rotatable bonds is 12. The first-order valence-electron chi connectivity index (χ1n) is 12.0. The van der Waals surface area contributed by atoms with E-state index >= 15 is 0 Å². The number of nitrogens with one attached hydrogen (secondary N) is 1. The molecule has 0 heterocycles. The number of sulfonamides is 1. The van der Waals surface area contributed by atoms with Crippen LogP contribution < -0.4 is 9.62 Å². The van der Waals surface area contributed by atoms with Crippen LogP contribution in [0.15, 0.2) is 48.5 Å². The fourth-order valence-electron chi connectivity index (χ4n) is 3.79. The molecule has 0 aromatic heterocycles. The van der Waals surface area contributed by atoms with Gasteiger partial charge in [-0.2, -0.15) is 13.2 Å². The number of carbonyl (C=O) groups is 2. The van der Waals surface area contributed by atoms with Crippen molar-refractivity contribution in [3.63, 3.8) is 0 Å². The Bertz CT molecular complexity index is 1190. The van der Waals surface area contributed by atoms with E-state index in [-0.39, 0.29) is 43.4 Å². The van der Waals surface area contributed by atoms with E-state index in [1.807, 2.05) is 38.1 Å². The van der Waals surface area contributed by atoms with Crippen LogP contribution in [0.5, 0.6) is 0 Å². The van der Waals surface area contributed by atoms with Gasteiger partial charge in [0.15, 0.2) is 0 Å². The summed E-state index contributed by atoms with van der Waals surface area (Å²) in [6.07, 6.45) is -3.03. The van der Waals surface area contributed by atoms with Crippen molar-refractivity contribution >= 4 is 27.5 Å². The van der Waals surface area contributed by atoms with E-state index in [1.54, 1.807) is 6.92 Å². The van der Waals surface area contributed by atoms with Gasteiger partial charge in [0.25, 0.3) is 0 Å². The molecule has 37 heavy (non-hydrogen) atoms. The summed E-state index contributed by atoms with van der Waals surface area (Å²) in [5, 5.41) is 2.79. The molecule has 0 bridgehead atoms. The van der Waals surface area contributed by atoms with Crippen molar-refractivity contribution in [1.29, 1.82) is 0 Å². The molecule has 0 fully saturated rings. The third kappa shape index (κ3) is 8.77. The predicted molar refractivity (Wildman–Crippen MR) is 137 cm³/mol. The maximum Gasteiger partial charge on any atom is 0.416 e. The highest BCUT2D eigenvalue weighted by atomic mass is 32.2. The normalized spacial score (nSPS) is 12.6. The molecule has 2 aromatic carbocycles. The lowest BCUT2D eigenvalue weighted by atomic mass is 10.1. The summed E-state index contributed by atoms with van der Waals surface area (Å²) in [5.41, 5.74) is 0.724. The molecule has 2 rings (SSSR count). The zero-order valence-corrected chi connectivity index (χ0v) is 22.3. The Balaban J connectivity index is 2.21. The number of nitrogens with zero attached hydrogens (tertiary/aromatic N) is 2. The summed E-state index contributed by atoms with van der Waals surface area (Å²) in [7, 11) is -3.92. The smallest absolute Gasteiger partial charge is 0.354 e. The standard InChI is InChI=1S/C26H34F3N3O4S/c1-5-15-30-25(34)20(3)31(18-21-11-7-6-10-19(21)2)24(33)14-9-16-32(37(4,35)36)23-13-8-12-22(17-23)26(27,28)29/h6-8,10-13,17,20H,5,9,14-16,18H2,1-4H3,(H,30,34)/t20-/m1/s1. The van der Waals surface area contributed by atoms with Crippen LogP contribution in [0, 0.1) is 6.92 Å². The van der Waals surface area contributed by atoms with Crippen LogP contribution in [0.25, 0.3) is 0 Å². The van der Waals surface area contributed by atoms with Gasteiger partial charge in [-0.1, -0.05) is 37.3 Å². The Kier molecular flexibility index (Phi) is 10.5. The predicted octanol–water partition coefficient (Wildman–Crippen LogP) is 4.50. The van der Waals surface area contributed by atoms with Gasteiger partial charge in [-0.25, -0.2) is 8.42 Å². The summed E-state index contributed by atoms with van der Waals surface area (Å²) in [4.78, 5) is 27.4. The molecular weight excluding hydrogens is 507 g/mol. The lowest BCUT2D eigenvalue weighted by molar-refractivity contribution is -0.140. The van der Waals surface area contributed by atoms with Gasteiger partial charge in [-0.05, 0) is 56.0 Å². The minimum Gasteiger partial charge on any atom is -0.354 e. The molecule has 0 aliphatic rings. The highest BCUT2D eigenvalue weighted by molar-refractivity contribution is 7.92. The number of hydrogen-bond acceptors (Lipinski definition) is 4. The summed E-state index contributed by atoms with van der Waals surface area (Å²) < 4.78 is 65.1. The monoisotopic (exact) mass is 541 g/mol. The van der Waals surface area contributed by atoms with Gasteiger partial charge >= 0.3 is 6.18 Å². The van der Waals surface area contributed by atoms with Crippen molar-refractivity contribution in [1.82, 2.24) is 10.2 Å². The van der Waals surface area contributed by atoms with E-state index in [0.29, 0.717) is 6.54 Å². The van der Waals surface area contributed by atoms with Crippen LogP contribution in [-0.2, 0) is 32.3 Å². The average Bonchev–Trinajstić information content (AvgIpc) is 2.82. The maximum atomic E-state index is 13.3. The minimum absolute atomic E-state index is 0.0513. The zero-order valence-electron chi connectivity index (χ0n) is 21.5. The molecule has 0 aliphatic heterocycles. The lowest BCUT2D eigenvalue weighted by Crippen LogP contribution is -2.48. The van der Waals surface area contributed by atoms with Gasteiger partial charge in [0.05, 0.1) is 17.5 Å². The van der Waals surface area contributed by atoms with Crippen LogP contribution in [0.2, 0.25) is 0 Å². The Morgan fingerprint density at radius 3 is 2.35 bits per heavy atom. The molecule has 0 radical (unpaired) electrons. The largest absolute Gasteiger partial charge is 0.416 e. The van der Waals surface area contributed by atoms with Crippen molar-refractivity contribution in [3.05, 3.63) is 65.2 Å². The molecule has 2 amide bonds. The molecule has 2 aromatic rings. The molecule has 204 valence electrons. The summed E-state index contributed by atoms with van der Waals surface area (Å²) in [6.45, 7) is 5.91. The Morgan fingerprint density at radius 1 is 1.08 bits per heavy atom. The van der Waals surface area contributed by atoms with Crippen molar-refractivity contribution in [3.8, 4) is 0 Å². The number of aryl methyl sites for hydroxylation is 1. The number of hydrogen-bond donors (Lipinski definition) is 1. The minimum atomic E-state index is -4.63. The maximum absolute atomic E-state index is 13.3. The highest BCUT2D eigenvalue weighted by Crippen LogP contribution is 2.32. The molecule has 0 unspecified atom stereocenters. The number of alkyl halides is 3. The lowest BCUT2D eigenvalue weighted by Gasteiger charge is -2.30. The van der Waals surface area contributed by atoms with Crippen LogP contribution in [0.1, 0.15) is 49.8 Å². The number of amides is 2. The number of halogens is 3. The van der Waals surface area contributed by atoms with E-state index in [0.717, 1.165) is 46.3 Å². The third-order valence-corrected chi connectivity index (χ3v) is 7.13. The van der Waals surface area contributed by atoms with Crippen molar-refractivity contribution in [2.75, 3.05) is 23.7 Å². The molecule has 0 saturated heterocycles. The van der Waals surface area contributed by atoms with Gasteiger partial charge in [-0.15, -0.1) is 0 Å². The second-order valence-corrected chi connectivity index (χ2v) is 10.8. The topological polar surface area (TPSA) is 86.8 Å². The van der Waals surface area contributed by atoms with Gasteiger partial charge in [0.2, 0.25) is 21.8 Å². The first-order valence-corrected chi connectivity index (χ1v) is 13.9. The SMILES string of the molecule is CCCNC(=O)[C@@H](C)N(Cc1ccccc1C)C(=O)CCCN(c1cccc(C(F)(F)F)c1)S(C)(=O)=O. The van der Waals surface area contributed by atoms with Crippen LogP contribution in [-0.4, -0.2) is 50.5 Å². The van der Waals surface area contributed by atoms with Gasteiger partial charge in [0.1, 0.15) is 6.04 Å². The van der Waals surface area contributed by atoms with Gasteiger partial charge in [0, 0.05) is 26.1 Å². The first-order chi connectivity index (χ1) is 17.3. The first kappa shape index (κ1) is 30.1. The summed E-state index contributed by atoms with van der Waals surface area (Å²) >= 11 is 0. The fraction of sp³-hybridized carbons (Fsp3) is 0.462. The second-order valence-electron chi connectivity index (χ2n) is 8.90. The average molecular weight is 542 g/mol. The molecule has 1 atom stereocenters. The van der Waals surface area contributed by atoms with E-state index < -0.39 is 27.8 Å². The Hall–Kier alpha value is -3.08. The number of carbonyl (C=O) groups excluding carboxylic acids is 2. The van der Waals surface area contributed by atoms with Gasteiger partial charge < -0.3 is 10.2 Å². The van der Waals surface area contributed by atoms with Crippen LogP contribution in [0.3, 0.4) is 0 Å². The van der Waals surface area contributed by atoms with Crippen LogP contribution >= 0.6 is 0 Å². The zero-order chi connectivity index (χ0) is 27.8.